The summed E-state index contributed by atoms with van der Waals surface area (Å²) >= 11 is 2.91. The summed E-state index contributed by atoms with van der Waals surface area (Å²) in [7, 11) is 0. The predicted molar refractivity (Wildman–Crippen MR) is 127 cm³/mol. The molecule has 0 radical (unpaired) electrons. The van der Waals surface area contributed by atoms with Crippen LogP contribution in [0.25, 0.3) is 0 Å². The number of aryl methyl sites for hydroxylation is 1. The lowest BCUT2D eigenvalue weighted by Gasteiger charge is -2.16. The van der Waals surface area contributed by atoms with Gasteiger partial charge in [0.15, 0.2) is 0 Å². The molecule has 0 saturated carbocycles. The Morgan fingerprint density at radius 1 is 1.13 bits per heavy atom. The Hall–Kier alpha value is -2.71. The molecule has 1 aromatic heterocycles. The van der Waals surface area contributed by atoms with Crippen LogP contribution in [0.5, 0.6) is 0 Å². The zero-order valence-corrected chi connectivity index (χ0v) is 18.9. The van der Waals surface area contributed by atoms with Gasteiger partial charge in [0, 0.05) is 30.3 Å². The van der Waals surface area contributed by atoms with Crippen LogP contribution in [0.2, 0.25) is 0 Å². The zero-order valence-electron chi connectivity index (χ0n) is 17.3. The molecule has 4 rings (SSSR count). The predicted octanol–water partition coefficient (Wildman–Crippen LogP) is 4.49. The molecule has 2 amide bonds. The summed E-state index contributed by atoms with van der Waals surface area (Å²) in [4.78, 5) is 26.6. The lowest BCUT2D eigenvalue weighted by Crippen LogP contribution is -2.24. The lowest BCUT2D eigenvalue weighted by molar-refractivity contribution is -0.117. The van der Waals surface area contributed by atoms with Gasteiger partial charge in [0.05, 0.1) is 5.75 Å². The summed E-state index contributed by atoms with van der Waals surface area (Å²) in [6.45, 7) is 2.69. The van der Waals surface area contributed by atoms with Crippen molar-refractivity contribution in [2.75, 3.05) is 22.5 Å². The van der Waals surface area contributed by atoms with Crippen LogP contribution in [-0.4, -0.2) is 34.3 Å². The molecule has 0 aliphatic carbocycles. The van der Waals surface area contributed by atoms with Crippen molar-refractivity contribution in [2.24, 2.45) is 0 Å². The number of nitrogens with one attached hydrogen (secondary N) is 1. The van der Waals surface area contributed by atoms with Gasteiger partial charge in [-0.2, -0.15) is 0 Å². The molecule has 1 aliphatic rings. The van der Waals surface area contributed by atoms with Gasteiger partial charge in [-0.1, -0.05) is 60.7 Å². The Labute approximate surface area is 190 Å². The maximum absolute atomic E-state index is 12.5. The fraction of sp³-hybridized carbons (Fsp3) is 0.304. The van der Waals surface area contributed by atoms with Crippen LogP contribution in [0.1, 0.15) is 35.4 Å². The molecule has 1 atom stereocenters. The monoisotopic (exact) mass is 452 g/mol. The second-order valence-electron chi connectivity index (χ2n) is 7.40. The van der Waals surface area contributed by atoms with E-state index in [0.29, 0.717) is 23.8 Å². The fourth-order valence-electron chi connectivity index (χ4n) is 3.48. The number of aromatic nitrogens is 2. The molecule has 6 nitrogen and oxygen atoms in total. The highest BCUT2D eigenvalue weighted by Gasteiger charge is 2.34. The first kappa shape index (κ1) is 21.5. The van der Waals surface area contributed by atoms with Gasteiger partial charge in [-0.25, -0.2) is 0 Å². The van der Waals surface area contributed by atoms with Gasteiger partial charge >= 0.3 is 0 Å². The van der Waals surface area contributed by atoms with Crippen LogP contribution < -0.4 is 10.2 Å². The summed E-state index contributed by atoms with van der Waals surface area (Å²) in [6.07, 6.45) is 1.38. The molecule has 2 heterocycles. The van der Waals surface area contributed by atoms with Crippen LogP contribution in [0.15, 0.2) is 54.6 Å². The van der Waals surface area contributed by atoms with Crippen molar-refractivity contribution in [3.63, 3.8) is 0 Å². The Morgan fingerprint density at radius 2 is 1.90 bits per heavy atom. The first-order valence-electron chi connectivity index (χ1n) is 10.3. The van der Waals surface area contributed by atoms with E-state index in [9.17, 15) is 9.59 Å². The third-order valence-corrected chi connectivity index (χ3v) is 7.17. The highest BCUT2D eigenvalue weighted by molar-refractivity contribution is 7.99. The van der Waals surface area contributed by atoms with Gasteiger partial charge < -0.3 is 4.90 Å². The van der Waals surface area contributed by atoms with E-state index in [1.165, 1.54) is 22.5 Å². The minimum Gasteiger partial charge on any atom is -0.312 e. The van der Waals surface area contributed by atoms with Crippen molar-refractivity contribution in [2.45, 2.75) is 31.4 Å². The highest BCUT2D eigenvalue weighted by Crippen LogP contribution is 2.34. The van der Waals surface area contributed by atoms with E-state index < -0.39 is 0 Å². The van der Waals surface area contributed by atoms with Gasteiger partial charge in [-0.3, -0.25) is 14.9 Å². The first-order valence-corrected chi connectivity index (χ1v) is 12.2. The molecule has 1 aliphatic heterocycles. The second-order valence-corrected chi connectivity index (χ2v) is 9.39. The average Bonchev–Trinajstić information content (AvgIpc) is 3.41. The standard InChI is InChI=1S/C23H24N4O2S2/c1-2-16-8-10-19(11-9-16)27-13-18(12-21(27)29)22-25-26-23(31-22)24-20(28)15-30-14-17-6-4-3-5-7-17/h3-11,18H,2,12-15H2,1H3,(H,24,26,28). The van der Waals surface area contributed by atoms with E-state index in [0.717, 1.165) is 22.9 Å². The minimum atomic E-state index is -0.0937. The quantitative estimate of drug-likeness (QED) is 0.545. The van der Waals surface area contributed by atoms with E-state index in [-0.39, 0.29) is 17.7 Å². The summed E-state index contributed by atoms with van der Waals surface area (Å²) < 4.78 is 0. The highest BCUT2D eigenvalue weighted by atomic mass is 32.2. The van der Waals surface area contributed by atoms with Crippen molar-refractivity contribution in [3.05, 3.63) is 70.7 Å². The second kappa shape index (κ2) is 10.1. The maximum Gasteiger partial charge on any atom is 0.236 e. The summed E-state index contributed by atoms with van der Waals surface area (Å²) in [5.74, 6) is 1.13. The van der Waals surface area contributed by atoms with Crippen LogP contribution in [-0.2, 0) is 21.8 Å². The van der Waals surface area contributed by atoms with Gasteiger partial charge in [0.1, 0.15) is 5.01 Å². The minimum absolute atomic E-state index is 0.00559. The third kappa shape index (κ3) is 5.51. The summed E-state index contributed by atoms with van der Waals surface area (Å²) in [5.41, 5.74) is 3.36. The number of nitrogens with zero attached hydrogens (tertiary/aromatic N) is 3. The molecule has 31 heavy (non-hydrogen) atoms. The number of rotatable bonds is 8. The molecule has 1 fully saturated rings. The summed E-state index contributed by atoms with van der Waals surface area (Å²) in [5, 5.41) is 12.4. The molecule has 160 valence electrons. The van der Waals surface area contributed by atoms with Gasteiger partial charge in [0.2, 0.25) is 16.9 Å². The molecule has 1 saturated heterocycles. The Morgan fingerprint density at radius 3 is 2.65 bits per heavy atom. The van der Waals surface area contributed by atoms with Gasteiger partial charge in [-0.05, 0) is 29.7 Å². The zero-order chi connectivity index (χ0) is 21.6. The number of carbonyl (C=O) groups excluding carboxylic acids is 2. The van der Waals surface area contributed by atoms with Crippen molar-refractivity contribution >= 4 is 45.7 Å². The van der Waals surface area contributed by atoms with Crippen molar-refractivity contribution in [3.8, 4) is 0 Å². The number of carbonyl (C=O) groups is 2. The Kier molecular flexibility index (Phi) is 6.99. The number of thioether (sulfide) groups is 1. The normalized spacial score (nSPS) is 16.0. The molecule has 8 heteroatoms. The Bertz CT molecular complexity index is 1040. The van der Waals surface area contributed by atoms with Crippen LogP contribution >= 0.6 is 23.1 Å². The number of anilines is 2. The lowest BCUT2D eigenvalue weighted by atomic mass is 10.1. The van der Waals surface area contributed by atoms with Crippen molar-refractivity contribution in [1.29, 1.82) is 0 Å². The maximum atomic E-state index is 12.5. The molecular weight excluding hydrogens is 428 g/mol. The van der Waals surface area contributed by atoms with Crippen LogP contribution in [0.4, 0.5) is 10.8 Å². The molecule has 2 aromatic carbocycles. The molecular formula is C23H24N4O2S2. The largest absolute Gasteiger partial charge is 0.312 e. The van der Waals surface area contributed by atoms with Gasteiger partial charge in [0.25, 0.3) is 0 Å². The van der Waals surface area contributed by atoms with Crippen LogP contribution in [0.3, 0.4) is 0 Å². The molecule has 0 bridgehead atoms. The van der Waals surface area contributed by atoms with E-state index in [2.05, 4.69) is 34.6 Å². The SMILES string of the molecule is CCc1ccc(N2CC(c3nnc(NC(=O)CSCc4ccccc4)s3)CC2=O)cc1. The van der Waals surface area contributed by atoms with E-state index >= 15 is 0 Å². The summed E-state index contributed by atoms with van der Waals surface area (Å²) in [6, 6.07) is 18.2. The van der Waals surface area contributed by atoms with E-state index in [1.54, 1.807) is 11.8 Å². The van der Waals surface area contributed by atoms with Crippen molar-refractivity contribution in [1.82, 2.24) is 10.2 Å². The molecule has 1 unspecified atom stereocenters. The van der Waals surface area contributed by atoms with E-state index in [4.69, 9.17) is 0 Å². The topological polar surface area (TPSA) is 75.2 Å². The molecule has 1 N–H and O–H groups in total. The third-order valence-electron chi connectivity index (χ3n) is 5.16. The fourth-order valence-corrected chi connectivity index (χ4v) is 5.11. The number of hydrogen-bond acceptors (Lipinski definition) is 6. The Balaban J connectivity index is 1.30. The number of hydrogen-bond donors (Lipinski definition) is 1. The molecule has 3 aromatic rings. The average molecular weight is 453 g/mol. The van der Waals surface area contributed by atoms with Gasteiger partial charge in [-0.15, -0.1) is 22.0 Å². The first-order chi connectivity index (χ1) is 15.1. The number of benzene rings is 2. The molecule has 0 spiro atoms. The number of amides is 2. The smallest absolute Gasteiger partial charge is 0.236 e. The van der Waals surface area contributed by atoms with Crippen molar-refractivity contribution < 1.29 is 9.59 Å². The van der Waals surface area contributed by atoms with E-state index in [1.807, 2.05) is 47.4 Å². The van der Waals surface area contributed by atoms with Crippen LogP contribution in [0, 0.1) is 0 Å².